The highest BCUT2D eigenvalue weighted by Gasteiger charge is 2.11. The Morgan fingerprint density at radius 2 is 2.18 bits per heavy atom. The van der Waals surface area contributed by atoms with Crippen LogP contribution in [0, 0.1) is 6.92 Å². The van der Waals surface area contributed by atoms with E-state index in [9.17, 15) is 5.11 Å². The van der Waals surface area contributed by atoms with Crippen molar-refractivity contribution < 1.29 is 5.11 Å². The van der Waals surface area contributed by atoms with E-state index in [4.69, 9.17) is 0 Å². The van der Waals surface area contributed by atoms with Gasteiger partial charge < -0.3 is 9.51 Å². The zero-order chi connectivity index (χ0) is 15.5. The standard InChI is InChI=1S/C17H19N3OS/c1-12-10-14(21)6-5-8-17(18-12)22-11-15-13(2)19-16-7-3-4-9-20(15)16/h3-4,6-7,9-10,21H,5,8,11H2,1-2H3/b12-10?,14-6+,18-17?. The lowest BCUT2D eigenvalue weighted by Gasteiger charge is -2.09. The molecule has 0 atom stereocenters. The monoisotopic (exact) mass is 313 g/mol. The van der Waals surface area contributed by atoms with E-state index in [1.807, 2.05) is 31.2 Å². The molecule has 22 heavy (non-hydrogen) atoms. The molecule has 2 aromatic heterocycles. The van der Waals surface area contributed by atoms with Crippen LogP contribution in [0.4, 0.5) is 0 Å². The van der Waals surface area contributed by atoms with Gasteiger partial charge in [-0.3, -0.25) is 4.99 Å². The van der Waals surface area contributed by atoms with Crippen LogP contribution in [0.25, 0.3) is 5.65 Å². The second kappa shape index (κ2) is 6.40. The molecular formula is C17H19N3OS. The molecule has 0 aromatic carbocycles. The van der Waals surface area contributed by atoms with Gasteiger partial charge in [-0.25, -0.2) is 4.98 Å². The van der Waals surface area contributed by atoms with Crippen molar-refractivity contribution in [1.29, 1.82) is 0 Å². The summed E-state index contributed by atoms with van der Waals surface area (Å²) in [7, 11) is 0. The quantitative estimate of drug-likeness (QED) is 0.893. The summed E-state index contributed by atoms with van der Waals surface area (Å²) in [6.07, 6.45) is 7.28. The van der Waals surface area contributed by atoms with Crippen LogP contribution in [0.3, 0.4) is 0 Å². The van der Waals surface area contributed by atoms with E-state index >= 15 is 0 Å². The van der Waals surface area contributed by atoms with Crippen LogP contribution in [0.5, 0.6) is 0 Å². The van der Waals surface area contributed by atoms with Crippen molar-refractivity contribution in [3.8, 4) is 0 Å². The average molecular weight is 313 g/mol. The second-order valence-electron chi connectivity index (χ2n) is 5.32. The minimum atomic E-state index is 0.308. The minimum absolute atomic E-state index is 0.308. The molecule has 114 valence electrons. The number of fused-ring (bicyclic) bond motifs is 1. The molecule has 3 heterocycles. The summed E-state index contributed by atoms with van der Waals surface area (Å²) >= 11 is 1.75. The number of imidazole rings is 1. The number of hydrogen-bond acceptors (Lipinski definition) is 4. The number of hydrogen-bond donors (Lipinski definition) is 1. The van der Waals surface area contributed by atoms with E-state index < -0.39 is 0 Å². The summed E-state index contributed by atoms with van der Waals surface area (Å²) < 4.78 is 2.14. The zero-order valence-corrected chi connectivity index (χ0v) is 13.6. The Labute approximate surface area is 134 Å². The average Bonchev–Trinajstić information content (AvgIpc) is 2.78. The van der Waals surface area contributed by atoms with Gasteiger partial charge in [0, 0.05) is 23.7 Å². The number of allylic oxidation sites excluding steroid dienone is 3. The molecule has 0 saturated heterocycles. The number of aliphatic imine (C=N–C) groups is 1. The van der Waals surface area contributed by atoms with Crippen LogP contribution in [0.1, 0.15) is 31.2 Å². The lowest BCUT2D eigenvalue weighted by Crippen LogP contribution is -1.99. The van der Waals surface area contributed by atoms with E-state index in [0.717, 1.165) is 40.7 Å². The molecule has 2 aromatic rings. The third kappa shape index (κ3) is 3.25. The molecule has 3 rings (SSSR count). The van der Waals surface area contributed by atoms with E-state index in [-0.39, 0.29) is 0 Å². The highest BCUT2D eigenvalue weighted by atomic mass is 32.2. The van der Waals surface area contributed by atoms with Crippen LogP contribution in [0.2, 0.25) is 0 Å². The maximum absolute atomic E-state index is 9.60. The Morgan fingerprint density at radius 3 is 3.05 bits per heavy atom. The number of thioether (sulfide) groups is 1. The van der Waals surface area contributed by atoms with Crippen molar-refractivity contribution >= 4 is 22.5 Å². The van der Waals surface area contributed by atoms with E-state index in [1.54, 1.807) is 17.8 Å². The van der Waals surface area contributed by atoms with Gasteiger partial charge in [-0.1, -0.05) is 6.07 Å². The molecule has 0 unspecified atom stereocenters. The summed E-state index contributed by atoms with van der Waals surface area (Å²) in [5.41, 5.74) is 4.10. The summed E-state index contributed by atoms with van der Waals surface area (Å²) in [5, 5.41) is 10.7. The van der Waals surface area contributed by atoms with Gasteiger partial charge in [-0.15, -0.1) is 11.8 Å². The van der Waals surface area contributed by atoms with Gasteiger partial charge in [0.25, 0.3) is 0 Å². The maximum Gasteiger partial charge on any atom is 0.137 e. The van der Waals surface area contributed by atoms with E-state index in [2.05, 4.69) is 27.5 Å². The highest BCUT2D eigenvalue weighted by molar-refractivity contribution is 8.13. The number of aliphatic hydroxyl groups excluding tert-OH is 1. The number of nitrogens with zero attached hydrogens (tertiary/aromatic N) is 3. The molecule has 0 fully saturated rings. The first-order valence-corrected chi connectivity index (χ1v) is 8.32. The van der Waals surface area contributed by atoms with Crippen LogP contribution in [-0.4, -0.2) is 19.5 Å². The third-order valence-corrected chi connectivity index (χ3v) is 4.62. The van der Waals surface area contributed by atoms with Gasteiger partial charge in [-0.2, -0.15) is 0 Å². The molecular weight excluding hydrogens is 294 g/mol. The van der Waals surface area contributed by atoms with Crippen molar-refractivity contribution in [3.63, 3.8) is 0 Å². The van der Waals surface area contributed by atoms with E-state index in [1.165, 1.54) is 5.69 Å². The first-order chi connectivity index (χ1) is 10.6. The van der Waals surface area contributed by atoms with Crippen molar-refractivity contribution in [2.24, 2.45) is 4.99 Å². The molecule has 0 saturated carbocycles. The van der Waals surface area contributed by atoms with Crippen LogP contribution in [-0.2, 0) is 5.75 Å². The minimum Gasteiger partial charge on any atom is -0.508 e. The molecule has 5 heteroatoms. The van der Waals surface area contributed by atoms with Crippen LogP contribution < -0.4 is 0 Å². The fourth-order valence-corrected chi connectivity index (χ4v) is 3.62. The summed E-state index contributed by atoms with van der Waals surface area (Å²) in [5.74, 6) is 1.15. The largest absolute Gasteiger partial charge is 0.508 e. The predicted octanol–water partition coefficient (Wildman–Crippen LogP) is 4.41. The maximum atomic E-state index is 9.60. The van der Waals surface area contributed by atoms with Crippen LogP contribution >= 0.6 is 11.8 Å². The van der Waals surface area contributed by atoms with Crippen LogP contribution in [0.15, 0.2) is 53.0 Å². The molecule has 1 aliphatic heterocycles. The molecule has 1 N–H and O–H groups in total. The topological polar surface area (TPSA) is 49.9 Å². The predicted molar refractivity (Wildman–Crippen MR) is 92.4 cm³/mol. The Bertz CT molecular complexity index is 786. The lowest BCUT2D eigenvalue weighted by molar-refractivity contribution is 0.428. The summed E-state index contributed by atoms with van der Waals surface area (Å²) in [6.45, 7) is 3.96. The van der Waals surface area contributed by atoms with Crippen molar-refractivity contribution in [2.75, 3.05) is 0 Å². The fraction of sp³-hybridized carbons (Fsp3) is 0.294. The number of rotatable bonds is 2. The highest BCUT2D eigenvalue weighted by Crippen LogP contribution is 2.23. The molecule has 0 bridgehead atoms. The van der Waals surface area contributed by atoms with Crippen molar-refractivity contribution in [2.45, 2.75) is 32.4 Å². The molecule has 0 aliphatic carbocycles. The molecule has 1 aliphatic rings. The second-order valence-corrected chi connectivity index (χ2v) is 6.37. The lowest BCUT2D eigenvalue weighted by atomic mass is 10.2. The molecule has 4 nitrogen and oxygen atoms in total. The normalized spacial score (nSPS) is 18.2. The molecule has 0 spiro atoms. The SMILES string of the molecule is CC1=C/C(O)=C\CCC(SCc2c(C)nc3ccccn23)=N1. The molecule has 0 amide bonds. The summed E-state index contributed by atoms with van der Waals surface area (Å²) in [6, 6.07) is 6.05. The molecule has 0 radical (unpaired) electrons. The Balaban J connectivity index is 1.79. The zero-order valence-electron chi connectivity index (χ0n) is 12.8. The van der Waals surface area contributed by atoms with Gasteiger partial charge >= 0.3 is 0 Å². The number of aryl methyl sites for hydroxylation is 1. The van der Waals surface area contributed by atoms with Crippen molar-refractivity contribution in [3.05, 3.63) is 59.4 Å². The summed E-state index contributed by atoms with van der Waals surface area (Å²) in [4.78, 5) is 9.20. The number of aromatic nitrogens is 2. The van der Waals surface area contributed by atoms with Gasteiger partial charge in [0.1, 0.15) is 11.4 Å². The Kier molecular flexibility index (Phi) is 4.34. The number of aliphatic hydroxyl groups is 1. The fourth-order valence-electron chi connectivity index (χ4n) is 2.50. The van der Waals surface area contributed by atoms with Gasteiger partial charge in [0.05, 0.1) is 16.4 Å². The number of pyridine rings is 1. The smallest absolute Gasteiger partial charge is 0.137 e. The van der Waals surface area contributed by atoms with E-state index in [0.29, 0.717) is 5.76 Å². The first kappa shape index (κ1) is 14.9. The Morgan fingerprint density at radius 1 is 1.32 bits per heavy atom. The van der Waals surface area contributed by atoms with Gasteiger partial charge in [0.15, 0.2) is 0 Å². The van der Waals surface area contributed by atoms with Crippen molar-refractivity contribution in [1.82, 2.24) is 9.38 Å². The first-order valence-electron chi connectivity index (χ1n) is 7.34. The van der Waals surface area contributed by atoms with Gasteiger partial charge in [-0.05, 0) is 44.9 Å². The Hall–Kier alpha value is -2.01. The third-order valence-electron chi connectivity index (χ3n) is 3.57. The van der Waals surface area contributed by atoms with Gasteiger partial charge in [0.2, 0.25) is 0 Å².